The molecule has 0 bridgehead atoms. The Morgan fingerprint density at radius 2 is 1.50 bits per heavy atom. The second kappa shape index (κ2) is 6.06. The molecule has 0 heterocycles. The molecular weight excluding hydrogens is 340 g/mol. The van der Waals surface area contributed by atoms with E-state index in [9.17, 15) is 31.1 Å². The largest absolute Gasteiger partial charge is 0.478 e. The van der Waals surface area contributed by atoms with Crippen LogP contribution in [0.5, 0.6) is 0 Å². The van der Waals surface area contributed by atoms with Crippen LogP contribution in [-0.2, 0) is 12.4 Å². The molecule has 0 unspecified atom stereocenters. The number of carboxylic acid groups (broad SMARTS) is 1. The van der Waals surface area contributed by atoms with Gasteiger partial charge in [0.2, 0.25) is 0 Å². The second-order valence-corrected chi connectivity index (χ2v) is 4.73. The summed E-state index contributed by atoms with van der Waals surface area (Å²) < 4.78 is 77.2. The number of hydrogen-bond acceptors (Lipinski definition) is 2. The molecule has 0 fully saturated rings. The summed E-state index contributed by atoms with van der Waals surface area (Å²) in [5.41, 5.74) is -4.13. The summed E-state index contributed by atoms with van der Waals surface area (Å²) in [4.78, 5) is 11.1. The number of carboxylic acids is 1. The van der Waals surface area contributed by atoms with Crippen LogP contribution in [0.3, 0.4) is 0 Å². The maximum absolute atomic E-state index is 13.0. The fraction of sp³-hybridized carbons (Fsp3) is 0.133. The summed E-state index contributed by atoms with van der Waals surface area (Å²) in [7, 11) is 0. The molecule has 0 radical (unpaired) electrons. The molecule has 0 aliphatic carbocycles. The van der Waals surface area contributed by atoms with Crippen LogP contribution in [0.25, 0.3) is 0 Å². The number of carbonyl (C=O) groups is 1. The number of anilines is 2. The van der Waals surface area contributed by atoms with Crippen LogP contribution >= 0.6 is 0 Å². The van der Waals surface area contributed by atoms with Gasteiger partial charge in [-0.25, -0.2) is 4.79 Å². The van der Waals surface area contributed by atoms with Gasteiger partial charge >= 0.3 is 18.3 Å². The molecular formula is C15H9F6NO2. The summed E-state index contributed by atoms with van der Waals surface area (Å²) in [6.45, 7) is 0. The molecule has 2 aromatic carbocycles. The van der Waals surface area contributed by atoms with Crippen molar-refractivity contribution in [1.82, 2.24) is 0 Å². The Kier molecular flexibility index (Phi) is 4.46. The monoisotopic (exact) mass is 349 g/mol. The third kappa shape index (κ3) is 3.79. The van der Waals surface area contributed by atoms with E-state index in [0.717, 1.165) is 12.1 Å². The summed E-state index contributed by atoms with van der Waals surface area (Å²) in [6, 6.07) is 5.86. The smallest absolute Gasteiger partial charge is 0.418 e. The van der Waals surface area contributed by atoms with Crippen molar-refractivity contribution in [3.63, 3.8) is 0 Å². The van der Waals surface area contributed by atoms with Gasteiger partial charge < -0.3 is 10.4 Å². The minimum Gasteiger partial charge on any atom is -0.478 e. The van der Waals surface area contributed by atoms with Crippen molar-refractivity contribution < 1.29 is 36.2 Å². The van der Waals surface area contributed by atoms with Gasteiger partial charge in [-0.05, 0) is 30.3 Å². The van der Waals surface area contributed by atoms with Crippen molar-refractivity contribution in [1.29, 1.82) is 0 Å². The predicted octanol–water partition coefficient (Wildman–Crippen LogP) is 5.17. The highest BCUT2D eigenvalue weighted by molar-refractivity contribution is 5.95. The normalized spacial score (nSPS) is 12.1. The van der Waals surface area contributed by atoms with Crippen LogP contribution in [0, 0.1) is 0 Å². The Labute approximate surface area is 131 Å². The lowest BCUT2D eigenvalue weighted by Gasteiger charge is -2.18. The molecule has 2 rings (SSSR count). The van der Waals surface area contributed by atoms with Gasteiger partial charge in [0.05, 0.1) is 28.1 Å². The molecule has 24 heavy (non-hydrogen) atoms. The van der Waals surface area contributed by atoms with E-state index in [-0.39, 0.29) is 11.3 Å². The molecule has 0 saturated carbocycles. The van der Waals surface area contributed by atoms with Gasteiger partial charge in [-0.3, -0.25) is 0 Å². The number of para-hydroxylation sites is 1. The lowest BCUT2D eigenvalue weighted by molar-refractivity contribution is -0.140. The number of rotatable bonds is 3. The molecule has 0 saturated heterocycles. The molecule has 0 amide bonds. The Balaban J connectivity index is 2.58. The topological polar surface area (TPSA) is 49.3 Å². The number of benzene rings is 2. The molecule has 2 aromatic rings. The van der Waals surface area contributed by atoms with Crippen molar-refractivity contribution in [2.45, 2.75) is 12.4 Å². The van der Waals surface area contributed by atoms with Crippen LogP contribution < -0.4 is 5.32 Å². The van der Waals surface area contributed by atoms with Crippen LogP contribution in [0.2, 0.25) is 0 Å². The van der Waals surface area contributed by atoms with Gasteiger partial charge in [-0.1, -0.05) is 12.1 Å². The molecule has 0 aliphatic heterocycles. The van der Waals surface area contributed by atoms with E-state index in [1.54, 1.807) is 0 Å². The number of aromatic carboxylic acids is 1. The van der Waals surface area contributed by atoms with E-state index >= 15 is 0 Å². The Morgan fingerprint density at radius 1 is 0.875 bits per heavy atom. The van der Waals surface area contributed by atoms with E-state index in [1.165, 1.54) is 12.1 Å². The van der Waals surface area contributed by atoms with Crippen LogP contribution in [0.15, 0.2) is 42.5 Å². The second-order valence-electron chi connectivity index (χ2n) is 4.73. The highest BCUT2D eigenvalue weighted by Gasteiger charge is 2.37. The van der Waals surface area contributed by atoms with E-state index in [0.29, 0.717) is 18.2 Å². The maximum Gasteiger partial charge on any atom is 0.418 e. The predicted molar refractivity (Wildman–Crippen MR) is 73.1 cm³/mol. The highest BCUT2D eigenvalue weighted by Crippen LogP contribution is 2.40. The number of alkyl halides is 6. The average molecular weight is 349 g/mol. The third-order valence-electron chi connectivity index (χ3n) is 3.08. The molecule has 0 atom stereocenters. The zero-order chi connectivity index (χ0) is 18.1. The van der Waals surface area contributed by atoms with Crippen molar-refractivity contribution in [2.75, 3.05) is 5.32 Å². The fourth-order valence-corrected chi connectivity index (χ4v) is 1.99. The fourth-order valence-electron chi connectivity index (χ4n) is 1.99. The zero-order valence-corrected chi connectivity index (χ0v) is 11.7. The average Bonchev–Trinajstić information content (AvgIpc) is 2.45. The van der Waals surface area contributed by atoms with Crippen molar-refractivity contribution >= 4 is 17.3 Å². The molecule has 2 N–H and O–H groups in total. The first-order valence-corrected chi connectivity index (χ1v) is 6.38. The third-order valence-corrected chi connectivity index (χ3v) is 3.08. The summed E-state index contributed by atoms with van der Waals surface area (Å²) in [5, 5.41) is 11.2. The Hall–Kier alpha value is -2.71. The zero-order valence-electron chi connectivity index (χ0n) is 11.7. The number of nitrogens with one attached hydrogen (secondary N) is 1. The van der Waals surface area contributed by atoms with E-state index in [2.05, 4.69) is 5.32 Å². The van der Waals surface area contributed by atoms with Gasteiger partial charge in [-0.2, -0.15) is 26.3 Å². The lowest BCUT2D eigenvalue weighted by atomic mass is 10.1. The van der Waals surface area contributed by atoms with Crippen molar-refractivity contribution in [3.05, 3.63) is 59.2 Å². The minimum atomic E-state index is -4.91. The number of halogens is 6. The van der Waals surface area contributed by atoms with E-state index in [1.807, 2.05) is 0 Å². The standard InChI is InChI=1S/C15H9F6NO2/c16-14(17,18)8-5-6-10(15(19,20)21)12(7-8)22-11-4-2-1-3-9(11)13(23)24/h1-7,22H,(H,23,24). The molecule has 128 valence electrons. The first-order valence-electron chi connectivity index (χ1n) is 6.38. The van der Waals surface area contributed by atoms with Crippen molar-refractivity contribution in [3.8, 4) is 0 Å². The maximum atomic E-state index is 13.0. The van der Waals surface area contributed by atoms with Gasteiger partial charge in [0.25, 0.3) is 0 Å². The molecule has 0 aromatic heterocycles. The summed E-state index contributed by atoms with van der Waals surface area (Å²) >= 11 is 0. The SMILES string of the molecule is O=C(O)c1ccccc1Nc1cc(C(F)(F)F)ccc1C(F)(F)F. The summed E-state index contributed by atoms with van der Waals surface area (Å²) in [5.74, 6) is -1.43. The van der Waals surface area contributed by atoms with Gasteiger partial charge in [-0.15, -0.1) is 0 Å². The minimum absolute atomic E-state index is 0.255. The van der Waals surface area contributed by atoms with Gasteiger partial charge in [0.1, 0.15) is 0 Å². The van der Waals surface area contributed by atoms with Gasteiger partial charge in [0, 0.05) is 0 Å². The van der Waals surface area contributed by atoms with Crippen LogP contribution in [0.1, 0.15) is 21.5 Å². The molecule has 3 nitrogen and oxygen atoms in total. The molecule has 0 spiro atoms. The summed E-state index contributed by atoms with van der Waals surface area (Å²) in [6.07, 6.45) is -9.75. The highest BCUT2D eigenvalue weighted by atomic mass is 19.4. The Morgan fingerprint density at radius 3 is 2.04 bits per heavy atom. The first kappa shape index (κ1) is 17.6. The van der Waals surface area contributed by atoms with Crippen LogP contribution in [-0.4, -0.2) is 11.1 Å². The molecule has 0 aliphatic rings. The Bertz CT molecular complexity index is 767. The van der Waals surface area contributed by atoms with Gasteiger partial charge in [0.15, 0.2) is 0 Å². The quantitative estimate of drug-likeness (QED) is 0.752. The van der Waals surface area contributed by atoms with E-state index < -0.39 is 35.1 Å². The first-order chi connectivity index (χ1) is 11.0. The number of hydrogen-bond donors (Lipinski definition) is 2. The van der Waals surface area contributed by atoms with Crippen LogP contribution in [0.4, 0.5) is 37.7 Å². The lowest BCUT2D eigenvalue weighted by Crippen LogP contribution is -2.13. The van der Waals surface area contributed by atoms with Crippen molar-refractivity contribution in [2.24, 2.45) is 0 Å². The molecule has 9 heteroatoms. The van der Waals surface area contributed by atoms with E-state index in [4.69, 9.17) is 5.11 Å².